The largest absolute Gasteiger partial charge is 0.346 e. The molecule has 0 unspecified atom stereocenters. The Labute approximate surface area is 126 Å². The molecule has 120 valence electrons. The fourth-order valence-corrected chi connectivity index (χ4v) is 3.58. The zero-order valence-electron chi connectivity index (χ0n) is 12.9. The van der Waals surface area contributed by atoms with Crippen molar-refractivity contribution < 1.29 is 8.42 Å². The molecule has 2 rings (SSSR count). The maximum atomic E-state index is 12.5. The Morgan fingerprint density at radius 1 is 1.29 bits per heavy atom. The van der Waals surface area contributed by atoms with E-state index in [2.05, 4.69) is 9.73 Å². The summed E-state index contributed by atoms with van der Waals surface area (Å²) in [7, 11) is -1.51. The van der Waals surface area contributed by atoms with Gasteiger partial charge in [0.15, 0.2) is 0 Å². The Hall–Kier alpha value is -0.930. The molecule has 8 heteroatoms. The Kier molecular flexibility index (Phi) is 5.05. The number of nitrogens with one attached hydrogen (secondary N) is 1. The summed E-state index contributed by atoms with van der Waals surface area (Å²) in [5, 5.41) is 1.75. The van der Waals surface area contributed by atoms with Crippen molar-refractivity contribution in [2.24, 2.45) is 5.73 Å². The molecular weight excluding hydrogens is 290 g/mol. The van der Waals surface area contributed by atoms with E-state index >= 15 is 0 Å². The van der Waals surface area contributed by atoms with Gasteiger partial charge in [-0.3, -0.25) is 0 Å². The van der Waals surface area contributed by atoms with Crippen molar-refractivity contribution in [1.82, 2.24) is 19.3 Å². The normalized spacial score (nSPS) is 18.5. The predicted molar refractivity (Wildman–Crippen MR) is 82.1 cm³/mol. The third-order valence-corrected chi connectivity index (χ3v) is 5.08. The maximum absolute atomic E-state index is 12.5. The molecule has 1 saturated heterocycles. The number of hydrazine groups is 1. The Morgan fingerprint density at radius 3 is 2.38 bits per heavy atom. The van der Waals surface area contributed by atoms with Crippen molar-refractivity contribution >= 4 is 10.0 Å². The van der Waals surface area contributed by atoms with Crippen LogP contribution in [0.3, 0.4) is 0 Å². The van der Waals surface area contributed by atoms with Gasteiger partial charge in [0, 0.05) is 50.7 Å². The zero-order valence-corrected chi connectivity index (χ0v) is 13.7. The molecule has 1 aromatic rings. The van der Waals surface area contributed by atoms with E-state index in [1.807, 2.05) is 25.5 Å². The molecule has 7 nitrogen and oxygen atoms in total. The van der Waals surface area contributed by atoms with Crippen LogP contribution in [0.2, 0.25) is 0 Å². The highest BCUT2D eigenvalue weighted by molar-refractivity contribution is 7.89. The molecule has 0 radical (unpaired) electrons. The summed E-state index contributed by atoms with van der Waals surface area (Å²) in [6.45, 7) is 7.40. The summed E-state index contributed by atoms with van der Waals surface area (Å²) in [5.74, 6) is 0. The van der Waals surface area contributed by atoms with Crippen molar-refractivity contribution in [3.8, 4) is 0 Å². The van der Waals surface area contributed by atoms with E-state index in [1.165, 1.54) is 0 Å². The molecule has 2 heterocycles. The van der Waals surface area contributed by atoms with Gasteiger partial charge in [-0.2, -0.15) is 0 Å². The molecular formula is C13H25N5O2S. The monoisotopic (exact) mass is 315 g/mol. The summed E-state index contributed by atoms with van der Waals surface area (Å²) >= 11 is 0. The number of hydrogen-bond donors (Lipinski definition) is 2. The van der Waals surface area contributed by atoms with Crippen molar-refractivity contribution in [2.75, 3.05) is 33.2 Å². The van der Waals surface area contributed by atoms with E-state index in [1.54, 1.807) is 17.3 Å². The van der Waals surface area contributed by atoms with Gasteiger partial charge in [0.25, 0.3) is 10.0 Å². The average molecular weight is 315 g/mol. The number of likely N-dealkylation sites (N-methyl/N-ethyl adjacent to an activating group) is 1. The molecule has 1 fully saturated rings. The van der Waals surface area contributed by atoms with E-state index in [0.717, 1.165) is 18.8 Å². The number of rotatable bonds is 5. The van der Waals surface area contributed by atoms with Crippen LogP contribution in [0.5, 0.6) is 0 Å². The van der Waals surface area contributed by atoms with Crippen LogP contribution >= 0.6 is 0 Å². The van der Waals surface area contributed by atoms with Crippen LogP contribution in [0.1, 0.15) is 25.6 Å². The lowest BCUT2D eigenvalue weighted by molar-refractivity contribution is 0.135. The molecule has 0 atom stereocenters. The highest BCUT2D eigenvalue weighted by Gasteiger charge is 2.23. The predicted octanol–water partition coefficient (Wildman–Crippen LogP) is -0.0316. The highest BCUT2D eigenvalue weighted by Crippen LogP contribution is 2.19. The van der Waals surface area contributed by atoms with Gasteiger partial charge < -0.3 is 15.2 Å². The molecule has 0 spiro atoms. The average Bonchev–Trinajstić information content (AvgIpc) is 2.86. The van der Waals surface area contributed by atoms with Gasteiger partial charge in [-0.05, 0) is 27.0 Å². The fraction of sp³-hybridized carbons (Fsp3) is 0.692. The SMILES string of the molecule is CC(C)n1cc(S(=O)(=O)NN2CCN(C)CC2)cc1CN. The van der Waals surface area contributed by atoms with E-state index < -0.39 is 10.0 Å². The van der Waals surface area contributed by atoms with Crippen LogP contribution in [0.25, 0.3) is 0 Å². The minimum Gasteiger partial charge on any atom is -0.346 e. The van der Waals surface area contributed by atoms with E-state index in [-0.39, 0.29) is 10.9 Å². The summed E-state index contributed by atoms with van der Waals surface area (Å²) in [5.41, 5.74) is 6.52. The van der Waals surface area contributed by atoms with E-state index in [0.29, 0.717) is 19.6 Å². The van der Waals surface area contributed by atoms with Crippen LogP contribution in [0, 0.1) is 0 Å². The molecule has 0 bridgehead atoms. The van der Waals surface area contributed by atoms with Crippen LogP contribution < -0.4 is 10.6 Å². The second kappa shape index (κ2) is 6.45. The van der Waals surface area contributed by atoms with Crippen LogP contribution in [-0.2, 0) is 16.6 Å². The molecule has 1 aliphatic heterocycles. The van der Waals surface area contributed by atoms with Crippen molar-refractivity contribution in [2.45, 2.75) is 31.3 Å². The van der Waals surface area contributed by atoms with E-state index in [4.69, 9.17) is 5.73 Å². The summed E-state index contributed by atoms with van der Waals surface area (Å²) in [4.78, 5) is 5.11. The molecule has 0 aliphatic carbocycles. The Bertz CT molecular complexity index is 573. The number of aromatic nitrogens is 1. The number of nitrogens with two attached hydrogens (primary N) is 1. The molecule has 0 amide bonds. The first-order chi connectivity index (χ1) is 9.83. The van der Waals surface area contributed by atoms with Gasteiger partial charge in [-0.25, -0.2) is 13.4 Å². The minimum atomic E-state index is -3.54. The van der Waals surface area contributed by atoms with Crippen molar-refractivity contribution in [3.05, 3.63) is 18.0 Å². The van der Waals surface area contributed by atoms with Gasteiger partial charge >= 0.3 is 0 Å². The molecule has 0 saturated carbocycles. The molecule has 1 aliphatic rings. The summed E-state index contributed by atoms with van der Waals surface area (Å²) < 4.78 is 26.8. The Balaban J connectivity index is 2.16. The molecule has 1 aromatic heterocycles. The van der Waals surface area contributed by atoms with Gasteiger partial charge in [0.2, 0.25) is 0 Å². The molecule has 0 aromatic carbocycles. The first kappa shape index (κ1) is 16.4. The van der Waals surface area contributed by atoms with Gasteiger partial charge in [-0.15, -0.1) is 4.83 Å². The van der Waals surface area contributed by atoms with Gasteiger partial charge in [-0.1, -0.05) is 0 Å². The zero-order chi connectivity index (χ0) is 15.6. The molecule has 21 heavy (non-hydrogen) atoms. The first-order valence-corrected chi connectivity index (χ1v) is 8.68. The third kappa shape index (κ3) is 3.83. The number of nitrogens with zero attached hydrogens (tertiary/aromatic N) is 3. The number of piperazine rings is 1. The lowest BCUT2D eigenvalue weighted by Crippen LogP contribution is -2.52. The van der Waals surface area contributed by atoms with Crippen LogP contribution in [-0.4, -0.2) is 56.1 Å². The van der Waals surface area contributed by atoms with Crippen LogP contribution in [0.15, 0.2) is 17.2 Å². The standard InChI is InChI=1S/C13H25N5O2S/c1-11(2)18-10-13(8-12(18)9-14)21(19,20)15-17-6-4-16(3)5-7-17/h8,10-11,15H,4-7,9,14H2,1-3H3. The summed E-state index contributed by atoms with van der Waals surface area (Å²) in [6.07, 6.45) is 1.66. The lowest BCUT2D eigenvalue weighted by Gasteiger charge is -2.31. The van der Waals surface area contributed by atoms with Gasteiger partial charge in [0.1, 0.15) is 4.90 Å². The van der Waals surface area contributed by atoms with Crippen molar-refractivity contribution in [3.63, 3.8) is 0 Å². The van der Waals surface area contributed by atoms with Gasteiger partial charge in [0.05, 0.1) is 0 Å². The van der Waals surface area contributed by atoms with E-state index in [9.17, 15) is 8.42 Å². The molecule has 3 N–H and O–H groups in total. The quantitative estimate of drug-likeness (QED) is 0.797. The smallest absolute Gasteiger partial charge is 0.254 e. The first-order valence-electron chi connectivity index (χ1n) is 7.20. The van der Waals surface area contributed by atoms with Crippen molar-refractivity contribution in [1.29, 1.82) is 0 Å². The maximum Gasteiger partial charge on any atom is 0.254 e. The third-order valence-electron chi connectivity index (χ3n) is 3.74. The second-order valence-electron chi connectivity index (χ2n) is 5.76. The Morgan fingerprint density at radius 2 is 1.90 bits per heavy atom. The number of sulfonamides is 1. The number of hydrogen-bond acceptors (Lipinski definition) is 5. The second-order valence-corrected chi connectivity index (χ2v) is 7.42. The minimum absolute atomic E-state index is 0.177. The summed E-state index contributed by atoms with van der Waals surface area (Å²) in [6, 6.07) is 1.83. The lowest BCUT2D eigenvalue weighted by atomic mass is 10.3. The fourth-order valence-electron chi connectivity index (χ4n) is 2.41. The highest BCUT2D eigenvalue weighted by atomic mass is 32.2. The topological polar surface area (TPSA) is 83.6 Å². The van der Waals surface area contributed by atoms with Crippen LogP contribution in [0.4, 0.5) is 0 Å².